The maximum Gasteiger partial charge on any atom is 0.177 e. The third-order valence-electron chi connectivity index (χ3n) is 6.64. The SMILES string of the molecule is C=C(c1ncc(-c2ccc(-n3ccnc3)cc2O)nn1)[C@@H]1C[C@H]2CCC[C@](C)(N2)[C@H]1F. The second-order valence-corrected chi connectivity index (χ2v) is 8.76. The molecule has 2 aromatic heterocycles. The molecule has 7 nitrogen and oxygen atoms in total. The van der Waals surface area contributed by atoms with Gasteiger partial charge in [-0.15, -0.1) is 10.2 Å². The highest BCUT2D eigenvalue weighted by Gasteiger charge is 2.49. The maximum absolute atomic E-state index is 15.4. The molecule has 0 amide bonds. The van der Waals surface area contributed by atoms with E-state index in [4.69, 9.17) is 0 Å². The fourth-order valence-electron chi connectivity index (χ4n) is 4.93. The van der Waals surface area contributed by atoms with Crippen LogP contribution in [0, 0.1) is 5.92 Å². The zero-order chi connectivity index (χ0) is 21.6. The summed E-state index contributed by atoms with van der Waals surface area (Å²) in [5.41, 5.74) is 1.81. The van der Waals surface area contributed by atoms with Gasteiger partial charge in [0.15, 0.2) is 5.82 Å². The van der Waals surface area contributed by atoms with Crippen LogP contribution < -0.4 is 5.32 Å². The van der Waals surface area contributed by atoms with Crippen LogP contribution in [-0.2, 0) is 0 Å². The number of imidazole rings is 1. The van der Waals surface area contributed by atoms with E-state index in [0.29, 0.717) is 35.1 Å². The molecule has 8 heteroatoms. The molecule has 0 spiro atoms. The van der Waals surface area contributed by atoms with E-state index in [-0.39, 0.29) is 11.7 Å². The monoisotopic (exact) mass is 420 g/mol. The molecule has 4 heterocycles. The van der Waals surface area contributed by atoms with E-state index in [1.165, 1.54) is 0 Å². The molecule has 2 saturated heterocycles. The number of rotatable bonds is 4. The number of phenolic OH excluding ortho intramolecular Hbond substituents is 1. The van der Waals surface area contributed by atoms with Crippen molar-refractivity contribution < 1.29 is 9.50 Å². The van der Waals surface area contributed by atoms with Crippen LogP contribution in [0.5, 0.6) is 5.75 Å². The Bertz CT molecular complexity index is 1100. The molecular formula is C23H25FN6O. The van der Waals surface area contributed by atoms with Crippen LogP contribution in [0.15, 0.2) is 49.7 Å². The predicted molar refractivity (Wildman–Crippen MR) is 115 cm³/mol. The number of halogens is 1. The van der Waals surface area contributed by atoms with E-state index in [1.54, 1.807) is 41.6 Å². The molecular weight excluding hydrogens is 395 g/mol. The molecule has 0 radical (unpaired) electrons. The van der Waals surface area contributed by atoms with Crippen molar-refractivity contribution in [3.8, 4) is 22.7 Å². The van der Waals surface area contributed by atoms with Crippen LogP contribution >= 0.6 is 0 Å². The summed E-state index contributed by atoms with van der Waals surface area (Å²) in [5, 5.41) is 22.4. The van der Waals surface area contributed by atoms with Gasteiger partial charge in [-0.3, -0.25) is 0 Å². The number of nitrogens with one attached hydrogen (secondary N) is 1. The summed E-state index contributed by atoms with van der Waals surface area (Å²) in [7, 11) is 0. The number of allylic oxidation sites excluding steroid dienone is 1. The molecule has 2 aliphatic heterocycles. The van der Waals surface area contributed by atoms with E-state index >= 15 is 4.39 Å². The molecule has 160 valence electrons. The van der Waals surface area contributed by atoms with Gasteiger partial charge in [0.05, 0.1) is 18.2 Å². The third kappa shape index (κ3) is 3.50. The highest BCUT2D eigenvalue weighted by Crippen LogP contribution is 2.43. The van der Waals surface area contributed by atoms with Gasteiger partial charge in [-0.05, 0) is 50.3 Å². The fraction of sp³-hybridized carbons (Fsp3) is 0.391. The van der Waals surface area contributed by atoms with Gasteiger partial charge >= 0.3 is 0 Å². The van der Waals surface area contributed by atoms with Gasteiger partial charge < -0.3 is 15.0 Å². The van der Waals surface area contributed by atoms with Crippen molar-refractivity contribution in [2.75, 3.05) is 0 Å². The van der Waals surface area contributed by atoms with Gasteiger partial charge in [0.25, 0.3) is 0 Å². The van der Waals surface area contributed by atoms with Crippen LogP contribution in [0.25, 0.3) is 22.5 Å². The Balaban J connectivity index is 1.37. The van der Waals surface area contributed by atoms with Crippen molar-refractivity contribution in [3.05, 3.63) is 55.5 Å². The molecule has 1 aromatic carbocycles. The minimum Gasteiger partial charge on any atom is -0.507 e. The Morgan fingerprint density at radius 2 is 2.23 bits per heavy atom. The number of aromatic hydroxyl groups is 1. The number of nitrogens with zero attached hydrogens (tertiary/aromatic N) is 5. The molecule has 5 rings (SSSR count). The summed E-state index contributed by atoms with van der Waals surface area (Å²) in [5.74, 6) is 0.0957. The van der Waals surface area contributed by atoms with Crippen molar-refractivity contribution in [3.63, 3.8) is 0 Å². The standard InChI is InChI=1S/C23H25FN6O/c1-14(18-10-15-4-3-7-23(2,27-15)21(18)24)22-26-12-19(28-29-22)17-6-5-16(11-20(17)31)30-9-8-25-13-30/h5-6,8-9,11-13,15,18,21,27,31H,1,3-4,7,10H2,2H3/t15-,18+,21+,23+/m1/s1. The lowest BCUT2D eigenvalue weighted by molar-refractivity contribution is 0.0323. The summed E-state index contributed by atoms with van der Waals surface area (Å²) < 4.78 is 17.1. The highest BCUT2D eigenvalue weighted by molar-refractivity contribution is 5.68. The van der Waals surface area contributed by atoms with Gasteiger partial charge in [-0.25, -0.2) is 14.4 Å². The largest absolute Gasteiger partial charge is 0.507 e. The molecule has 31 heavy (non-hydrogen) atoms. The lowest BCUT2D eigenvalue weighted by Gasteiger charge is -2.50. The number of hydrogen-bond donors (Lipinski definition) is 2. The highest BCUT2D eigenvalue weighted by atomic mass is 19.1. The molecule has 4 atom stereocenters. The second-order valence-electron chi connectivity index (χ2n) is 8.76. The van der Waals surface area contributed by atoms with Gasteiger partial charge in [-0.2, -0.15) is 0 Å². The first-order valence-electron chi connectivity index (χ1n) is 10.6. The van der Waals surface area contributed by atoms with Crippen LogP contribution in [0.2, 0.25) is 0 Å². The van der Waals surface area contributed by atoms with Crippen LogP contribution in [0.3, 0.4) is 0 Å². The molecule has 0 aliphatic carbocycles. The lowest BCUT2D eigenvalue weighted by atomic mass is 9.69. The topological polar surface area (TPSA) is 88.8 Å². The third-order valence-corrected chi connectivity index (χ3v) is 6.64. The Labute approximate surface area is 180 Å². The number of piperidine rings is 2. The van der Waals surface area contributed by atoms with Crippen molar-refractivity contribution >= 4 is 5.57 Å². The molecule has 0 saturated carbocycles. The molecule has 0 unspecified atom stereocenters. The lowest BCUT2D eigenvalue weighted by Crippen LogP contribution is -2.63. The smallest absolute Gasteiger partial charge is 0.177 e. The van der Waals surface area contributed by atoms with Crippen LogP contribution in [-0.4, -0.2) is 47.6 Å². The minimum atomic E-state index is -1.04. The molecule has 2 bridgehead atoms. The summed E-state index contributed by atoms with van der Waals surface area (Å²) in [6, 6.07) is 5.55. The Morgan fingerprint density at radius 3 is 2.94 bits per heavy atom. The average molecular weight is 420 g/mol. The van der Waals surface area contributed by atoms with Gasteiger partial charge in [-0.1, -0.05) is 6.58 Å². The van der Waals surface area contributed by atoms with E-state index < -0.39 is 11.7 Å². The number of aromatic nitrogens is 5. The molecule has 2 aliphatic rings. The van der Waals surface area contributed by atoms with Gasteiger partial charge in [0.2, 0.25) is 0 Å². The van der Waals surface area contributed by atoms with E-state index in [0.717, 1.165) is 24.9 Å². The van der Waals surface area contributed by atoms with Gasteiger partial charge in [0.1, 0.15) is 17.6 Å². The van der Waals surface area contributed by atoms with E-state index in [1.807, 2.05) is 13.0 Å². The van der Waals surface area contributed by atoms with Crippen LogP contribution in [0.1, 0.15) is 38.4 Å². The number of hydrogen-bond acceptors (Lipinski definition) is 6. The van der Waals surface area contributed by atoms with Crippen LogP contribution in [0.4, 0.5) is 4.39 Å². The summed E-state index contributed by atoms with van der Waals surface area (Å²) in [6.45, 7) is 6.09. The Hall–Kier alpha value is -3.13. The number of benzene rings is 1. The average Bonchev–Trinajstić information content (AvgIpc) is 3.31. The number of alkyl halides is 1. The quantitative estimate of drug-likeness (QED) is 0.669. The first-order chi connectivity index (χ1) is 14.9. The predicted octanol–water partition coefficient (Wildman–Crippen LogP) is 3.70. The molecule has 3 aromatic rings. The van der Waals surface area contributed by atoms with E-state index in [9.17, 15) is 5.11 Å². The zero-order valence-electron chi connectivity index (χ0n) is 17.4. The zero-order valence-corrected chi connectivity index (χ0v) is 17.4. The fourth-order valence-corrected chi connectivity index (χ4v) is 4.93. The van der Waals surface area contributed by atoms with Gasteiger partial charge in [0, 0.05) is 41.5 Å². The summed E-state index contributed by atoms with van der Waals surface area (Å²) >= 11 is 0. The molecule has 2 fully saturated rings. The number of fused-ring (bicyclic) bond motifs is 2. The van der Waals surface area contributed by atoms with Crippen molar-refractivity contribution in [1.29, 1.82) is 0 Å². The maximum atomic E-state index is 15.4. The molecule has 2 N–H and O–H groups in total. The normalized spacial score (nSPS) is 27.7. The second kappa shape index (κ2) is 7.53. The van der Waals surface area contributed by atoms with Crippen molar-refractivity contribution in [2.45, 2.75) is 50.4 Å². The number of phenols is 1. The minimum absolute atomic E-state index is 0.0665. The summed E-state index contributed by atoms with van der Waals surface area (Å²) in [4.78, 5) is 8.42. The van der Waals surface area contributed by atoms with Crippen molar-refractivity contribution in [1.82, 2.24) is 30.0 Å². The Kier molecular flexibility index (Phi) is 4.81. The first-order valence-corrected chi connectivity index (χ1v) is 10.6. The van der Waals surface area contributed by atoms with Crippen molar-refractivity contribution in [2.24, 2.45) is 5.92 Å². The first kappa shape index (κ1) is 19.8. The van der Waals surface area contributed by atoms with E-state index in [2.05, 4.69) is 32.1 Å². The summed E-state index contributed by atoms with van der Waals surface area (Å²) in [6.07, 6.45) is 9.24. The Morgan fingerprint density at radius 1 is 1.35 bits per heavy atom.